The van der Waals surface area contributed by atoms with E-state index in [0.29, 0.717) is 4.90 Å². The summed E-state index contributed by atoms with van der Waals surface area (Å²) in [7, 11) is 0. The van der Waals surface area contributed by atoms with E-state index in [2.05, 4.69) is 17.1 Å². The van der Waals surface area contributed by atoms with Crippen LogP contribution in [0.5, 0.6) is 5.75 Å². The number of hydrogen-bond acceptors (Lipinski definition) is 2. The Balaban J connectivity index is 1.56. The van der Waals surface area contributed by atoms with E-state index in [4.69, 9.17) is 13.0 Å². The number of rotatable bonds is 5. The Morgan fingerprint density at radius 1 is 1.12 bits per heavy atom. The van der Waals surface area contributed by atoms with Gasteiger partial charge in [-0.1, -0.05) is 30.3 Å². The molecule has 124 valence electrons. The zero-order valence-corrected chi connectivity index (χ0v) is 13.4. The summed E-state index contributed by atoms with van der Waals surface area (Å²) in [5, 5.41) is 0.879. The Kier molecular flexibility index (Phi) is 2.61. The van der Waals surface area contributed by atoms with Crippen LogP contribution in [0.1, 0.15) is 24.9 Å². The zero-order valence-electron chi connectivity index (χ0n) is 19.4. The molecule has 0 bridgehead atoms. The predicted molar refractivity (Wildman–Crippen MR) is 98.8 cm³/mol. The van der Waals surface area contributed by atoms with Crippen molar-refractivity contribution in [3.05, 3.63) is 65.4 Å². The summed E-state index contributed by atoms with van der Waals surface area (Å²) in [6.07, 6.45) is 3.81. The van der Waals surface area contributed by atoms with E-state index in [-0.39, 0.29) is 19.1 Å². The van der Waals surface area contributed by atoms with Gasteiger partial charge in [-0.25, -0.2) is 0 Å². The molecule has 0 atom stereocenters. The normalized spacial score (nSPS) is 19.2. The Hall–Kier alpha value is -2.26. The Morgan fingerprint density at radius 3 is 2.67 bits per heavy atom. The van der Waals surface area contributed by atoms with Crippen molar-refractivity contribution in [2.45, 2.75) is 25.4 Å². The summed E-state index contributed by atoms with van der Waals surface area (Å²) >= 11 is 0. The van der Waals surface area contributed by atoms with Crippen molar-refractivity contribution >= 4 is 10.9 Å². The minimum absolute atomic E-state index is 0.0389. The number of aromatic amines is 1. The van der Waals surface area contributed by atoms with Gasteiger partial charge in [-0.3, -0.25) is 0 Å². The van der Waals surface area contributed by atoms with Gasteiger partial charge in [0.15, 0.2) is 0 Å². The highest BCUT2D eigenvalue weighted by atomic mass is 16.5. The highest BCUT2D eigenvalue weighted by molar-refractivity contribution is 5.89. The predicted octanol–water partition coefficient (Wildman–Crippen LogP) is 3.82. The van der Waals surface area contributed by atoms with Gasteiger partial charge in [0.2, 0.25) is 0 Å². The van der Waals surface area contributed by atoms with Crippen LogP contribution in [0.25, 0.3) is 10.9 Å². The van der Waals surface area contributed by atoms with E-state index in [0.717, 1.165) is 35.1 Å². The molecule has 1 aliphatic rings. The maximum absolute atomic E-state index is 7.56. The molecule has 24 heavy (non-hydrogen) atoms. The second-order valence-electron chi connectivity index (χ2n) is 6.31. The van der Waals surface area contributed by atoms with Crippen molar-refractivity contribution in [3.63, 3.8) is 0 Å². The van der Waals surface area contributed by atoms with E-state index in [1.165, 1.54) is 11.1 Å². The van der Waals surface area contributed by atoms with Crippen LogP contribution < -0.4 is 4.74 Å². The molecule has 3 nitrogen and oxygen atoms in total. The highest BCUT2D eigenvalue weighted by Crippen LogP contribution is 2.32. The Morgan fingerprint density at radius 2 is 1.92 bits per heavy atom. The number of ether oxygens (including phenoxy) is 1. The van der Waals surface area contributed by atoms with Crippen molar-refractivity contribution in [1.29, 1.82) is 0 Å². The summed E-state index contributed by atoms with van der Waals surface area (Å²) in [6, 6.07) is 14.1. The summed E-state index contributed by atoms with van der Waals surface area (Å²) in [6.45, 7) is -5.48. The summed E-state index contributed by atoms with van der Waals surface area (Å²) < 4.78 is 51.7. The molecule has 1 heterocycles. The largest absolute Gasteiger partial charge is 0.489 e. The van der Waals surface area contributed by atoms with Gasteiger partial charge in [0.25, 0.3) is 0 Å². The number of nitrogens with one attached hydrogen (secondary N) is 1. The molecule has 1 aliphatic carbocycles. The first-order valence-corrected chi connectivity index (χ1v) is 8.23. The molecule has 0 unspecified atom stereocenters. The smallest absolute Gasteiger partial charge is 0.129 e. The molecule has 0 amide bonds. The van der Waals surface area contributed by atoms with E-state index in [1.54, 1.807) is 6.20 Å². The van der Waals surface area contributed by atoms with Crippen LogP contribution >= 0.6 is 0 Å². The van der Waals surface area contributed by atoms with Crippen molar-refractivity contribution in [3.8, 4) is 5.75 Å². The molecule has 4 rings (SSSR count). The fourth-order valence-corrected chi connectivity index (χ4v) is 3.53. The fourth-order valence-electron chi connectivity index (χ4n) is 3.53. The second kappa shape index (κ2) is 6.33. The number of benzene rings is 2. The van der Waals surface area contributed by atoms with Crippen molar-refractivity contribution in [1.82, 2.24) is 9.88 Å². The van der Waals surface area contributed by atoms with Crippen LogP contribution in [0.4, 0.5) is 0 Å². The Labute approximate surface area is 151 Å². The molecule has 1 N–H and O–H groups in total. The monoisotopic (exact) mass is 326 g/mol. The van der Waals surface area contributed by atoms with Crippen LogP contribution in [0.2, 0.25) is 0 Å². The molecule has 0 aliphatic heterocycles. The van der Waals surface area contributed by atoms with E-state index in [9.17, 15) is 0 Å². The molecular formula is C21H24N2O. The first-order chi connectivity index (χ1) is 14.1. The molecule has 3 aromatic rings. The first kappa shape index (κ1) is 9.90. The third kappa shape index (κ3) is 2.92. The van der Waals surface area contributed by atoms with Gasteiger partial charge in [0, 0.05) is 44.7 Å². The molecular weight excluding hydrogens is 296 g/mol. The van der Waals surface area contributed by atoms with Crippen LogP contribution in [0.3, 0.4) is 0 Å². The van der Waals surface area contributed by atoms with E-state index in [1.807, 2.05) is 30.3 Å². The lowest BCUT2D eigenvalue weighted by molar-refractivity contribution is 0.216. The number of likely N-dealkylation sites (N-methyl/N-ethyl adjacent to an activating group) is 1. The minimum Gasteiger partial charge on any atom is -0.489 e. The number of H-pyrrole nitrogens is 1. The summed E-state index contributed by atoms with van der Waals surface area (Å²) in [5.41, 5.74) is 4.33. The van der Waals surface area contributed by atoms with Crippen LogP contribution in [-0.4, -0.2) is 36.5 Å². The van der Waals surface area contributed by atoms with Gasteiger partial charge < -0.3 is 14.6 Å². The molecule has 0 spiro atoms. The summed E-state index contributed by atoms with van der Waals surface area (Å²) in [5.74, 6) is 0.732. The maximum atomic E-state index is 7.56. The molecule has 1 aromatic heterocycles. The third-order valence-corrected chi connectivity index (χ3v) is 4.66. The van der Waals surface area contributed by atoms with Gasteiger partial charge in [-0.05, 0) is 49.2 Å². The van der Waals surface area contributed by atoms with Crippen molar-refractivity contribution in [2.24, 2.45) is 0 Å². The molecule has 0 fully saturated rings. The first-order valence-electron chi connectivity index (χ1n) is 11.2. The maximum Gasteiger partial charge on any atom is 0.129 e. The van der Waals surface area contributed by atoms with E-state index >= 15 is 0 Å². The van der Waals surface area contributed by atoms with Crippen molar-refractivity contribution < 1.29 is 13.0 Å². The van der Waals surface area contributed by atoms with Gasteiger partial charge in [-0.2, -0.15) is 0 Å². The van der Waals surface area contributed by atoms with Gasteiger partial charge >= 0.3 is 0 Å². The van der Waals surface area contributed by atoms with Crippen molar-refractivity contribution in [2.75, 3.05) is 20.5 Å². The SMILES string of the molecule is [2H]C([2H])([2H])N(CCc1c[nH]c2cccc(OC3Cc4ccccc4C3)c12)C([2H])([2H])[2H]. The standard InChI is InChI=1S/C21H24N2O/c1-23(2)11-10-17-14-22-19-8-5-9-20(21(17)19)24-18-12-15-6-3-4-7-16(15)13-18/h3-9,14,18,22H,10-13H2,1-2H3/i1D3,2D3. The lowest BCUT2D eigenvalue weighted by Gasteiger charge is -2.15. The molecule has 0 saturated carbocycles. The van der Waals surface area contributed by atoms with Crippen LogP contribution in [0, 0.1) is 0 Å². The van der Waals surface area contributed by atoms with Crippen LogP contribution in [-0.2, 0) is 19.3 Å². The molecule has 0 saturated heterocycles. The topological polar surface area (TPSA) is 28.3 Å². The Bertz CT molecular complexity index is 1000. The van der Waals surface area contributed by atoms with Gasteiger partial charge in [0.1, 0.15) is 11.9 Å². The average molecular weight is 326 g/mol. The highest BCUT2D eigenvalue weighted by Gasteiger charge is 2.23. The number of fused-ring (bicyclic) bond motifs is 2. The van der Waals surface area contributed by atoms with E-state index < -0.39 is 14.0 Å². The zero-order chi connectivity index (χ0) is 21.5. The lowest BCUT2D eigenvalue weighted by atomic mass is 10.1. The second-order valence-corrected chi connectivity index (χ2v) is 6.31. The number of hydrogen-bond donors (Lipinski definition) is 1. The third-order valence-electron chi connectivity index (χ3n) is 4.66. The lowest BCUT2D eigenvalue weighted by Crippen LogP contribution is -2.17. The quantitative estimate of drug-likeness (QED) is 0.772. The number of aromatic nitrogens is 1. The van der Waals surface area contributed by atoms with Crippen LogP contribution in [0.15, 0.2) is 48.7 Å². The van der Waals surface area contributed by atoms with Gasteiger partial charge in [-0.15, -0.1) is 0 Å². The van der Waals surface area contributed by atoms with Gasteiger partial charge in [0.05, 0.1) is 0 Å². The molecule has 3 heteroatoms. The fraction of sp³-hybridized carbons (Fsp3) is 0.333. The summed E-state index contributed by atoms with van der Waals surface area (Å²) in [4.78, 5) is 3.79. The molecule has 0 radical (unpaired) electrons. The average Bonchev–Trinajstić information content (AvgIpc) is 3.23. The molecule has 2 aromatic carbocycles. The number of nitrogens with zero attached hydrogens (tertiary/aromatic N) is 1. The minimum atomic E-state index is -2.69.